The fourth-order valence-electron chi connectivity index (χ4n) is 4.11. The van der Waals surface area contributed by atoms with Gasteiger partial charge in [-0.3, -0.25) is 15.0 Å². The van der Waals surface area contributed by atoms with Crippen LogP contribution < -0.4 is 4.74 Å². The van der Waals surface area contributed by atoms with E-state index in [0.29, 0.717) is 22.6 Å². The van der Waals surface area contributed by atoms with E-state index in [1.165, 1.54) is 22.3 Å². The molecular formula is C26H25N5O3S. The highest BCUT2D eigenvalue weighted by molar-refractivity contribution is 8.27. The number of ether oxygens (including phenoxy) is 1. The number of nitrogens with zero attached hydrogens (tertiary/aromatic N) is 4. The molecule has 0 bridgehead atoms. The highest BCUT2D eigenvalue weighted by Gasteiger charge is 2.36. The van der Waals surface area contributed by atoms with Crippen molar-refractivity contribution < 1.29 is 14.3 Å². The number of aliphatic imine (C=N–C) groups is 1. The average Bonchev–Trinajstić information content (AvgIpc) is 3.52. The summed E-state index contributed by atoms with van der Waals surface area (Å²) >= 11 is 1.18. The maximum atomic E-state index is 12.7. The number of aryl methyl sites for hydroxylation is 1. The van der Waals surface area contributed by atoms with Crippen molar-refractivity contribution in [2.45, 2.75) is 32.8 Å². The van der Waals surface area contributed by atoms with Crippen LogP contribution in [0.25, 0.3) is 6.08 Å². The summed E-state index contributed by atoms with van der Waals surface area (Å²) in [6.07, 6.45) is 3.84. The van der Waals surface area contributed by atoms with E-state index in [2.05, 4.69) is 16.2 Å². The Labute approximate surface area is 207 Å². The monoisotopic (exact) mass is 487 g/mol. The molecule has 0 aromatic heterocycles. The number of hydrogen-bond acceptors (Lipinski definition) is 6. The molecular weight excluding hydrogens is 462 g/mol. The number of hydrazone groups is 1. The van der Waals surface area contributed by atoms with Crippen molar-refractivity contribution in [3.63, 3.8) is 0 Å². The van der Waals surface area contributed by atoms with Gasteiger partial charge in [-0.1, -0.05) is 42.0 Å². The molecule has 0 radical (unpaired) electrons. The second kappa shape index (κ2) is 9.87. The van der Waals surface area contributed by atoms with Crippen molar-refractivity contribution in [2.75, 3.05) is 13.1 Å². The molecule has 3 aliphatic rings. The van der Waals surface area contributed by atoms with E-state index in [4.69, 9.17) is 10.1 Å². The maximum Gasteiger partial charge on any atom is 0.283 e. The minimum absolute atomic E-state index is 0.0209. The zero-order valence-electron chi connectivity index (χ0n) is 19.4. The topological polar surface area (TPSA) is 98.4 Å². The van der Waals surface area contributed by atoms with Gasteiger partial charge in [0.15, 0.2) is 5.84 Å². The molecule has 0 spiro atoms. The first-order valence-corrected chi connectivity index (χ1v) is 12.3. The lowest BCUT2D eigenvalue weighted by Crippen LogP contribution is -2.35. The lowest BCUT2D eigenvalue weighted by Gasteiger charge is -2.20. The third-order valence-electron chi connectivity index (χ3n) is 5.94. The van der Waals surface area contributed by atoms with Crippen molar-refractivity contribution in [1.29, 1.82) is 5.41 Å². The predicted molar refractivity (Wildman–Crippen MR) is 137 cm³/mol. The summed E-state index contributed by atoms with van der Waals surface area (Å²) in [5.74, 6) is 0.200. The molecule has 2 aromatic rings. The molecule has 1 fully saturated rings. The van der Waals surface area contributed by atoms with Gasteiger partial charge in [0, 0.05) is 13.1 Å². The van der Waals surface area contributed by atoms with Crippen molar-refractivity contribution in [2.24, 2.45) is 10.1 Å². The number of rotatable bonds is 6. The average molecular weight is 488 g/mol. The van der Waals surface area contributed by atoms with Gasteiger partial charge >= 0.3 is 0 Å². The highest BCUT2D eigenvalue weighted by Crippen LogP contribution is 2.30. The fraction of sp³-hybridized carbons (Fsp3) is 0.269. The molecule has 9 heteroatoms. The van der Waals surface area contributed by atoms with Gasteiger partial charge in [0.2, 0.25) is 11.1 Å². The lowest BCUT2D eigenvalue weighted by atomic mass is 10.1. The SMILES string of the molecule is Cc1cccc(COc2ccc(/C=C3/C(=N)N4N=C(CC(=O)N5CCCC5)SC4=NC3=O)cc2)c1. The van der Waals surface area contributed by atoms with Gasteiger partial charge in [0.1, 0.15) is 17.4 Å². The van der Waals surface area contributed by atoms with Crippen LogP contribution in [0.2, 0.25) is 0 Å². The third kappa shape index (κ3) is 5.19. The van der Waals surface area contributed by atoms with Gasteiger partial charge in [0.05, 0.1) is 12.0 Å². The fourth-order valence-corrected chi connectivity index (χ4v) is 4.98. The number of hydrogen-bond donors (Lipinski definition) is 1. The quantitative estimate of drug-likeness (QED) is 0.616. The zero-order chi connectivity index (χ0) is 24.4. The van der Waals surface area contributed by atoms with Crippen molar-refractivity contribution >= 4 is 45.7 Å². The number of carbonyl (C=O) groups excluding carboxylic acids is 2. The van der Waals surface area contributed by atoms with Crippen LogP contribution in [0.3, 0.4) is 0 Å². The molecule has 0 saturated carbocycles. The molecule has 1 saturated heterocycles. The van der Waals surface area contributed by atoms with E-state index in [0.717, 1.165) is 37.1 Å². The summed E-state index contributed by atoms with van der Waals surface area (Å²) in [7, 11) is 0. The smallest absolute Gasteiger partial charge is 0.283 e. The van der Waals surface area contributed by atoms with Crippen LogP contribution in [0.15, 0.2) is 64.2 Å². The number of amidine groups is 2. The van der Waals surface area contributed by atoms with Crippen molar-refractivity contribution in [3.8, 4) is 5.75 Å². The molecule has 0 atom stereocenters. The lowest BCUT2D eigenvalue weighted by molar-refractivity contribution is -0.128. The van der Waals surface area contributed by atoms with E-state index in [1.807, 2.05) is 54.3 Å². The Morgan fingerprint density at radius 1 is 1.17 bits per heavy atom. The first-order chi connectivity index (χ1) is 17.0. The Bertz CT molecular complexity index is 1280. The predicted octanol–water partition coefficient (Wildman–Crippen LogP) is 4.21. The van der Waals surface area contributed by atoms with E-state index < -0.39 is 5.91 Å². The number of amides is 2. The van der Waals surface area contributed by atoms with Crippen LogP contribution in [-0.4, -0.2) is 50.9 Å². The van der Waals surface area contributed by atoms with Gasteiger partial charge in [-0.05, 0) is 60.9 Å². The Morgan fingerprint density at radius 3 is 2.69 bits per heavy atom. The van der Waals surface area contributed by atoms with Gasteiger partial charge in [-0.2, -0.15) is 15.1 Å². The number of nitrogens with one attached hydrogen (secondary N) is 1. The molecule has 3 heterocycles. The number of carbonyl (C=O) groups is 2. The second-order valence-electron chi connectivity index (χ2n) is 8.63. The Balaban J connectivity index is 1.25. The minimum atomic E-state index is -0.490. The normalized spacial score (nSPS) is 18.6. The molecule has 3 aliphatic heterocycles. The van der Waals surface area contributed by atoms with Gasteiger partial charge < -0.3 is 9.64 Å². The Hall–Kier alpha value is -3.72. The summed E-state index contributed by atoms with van der Waals surface area (Å²) in [5, 5.41) is 15.1. The van der Waals surface area contributed by atoms with Gasteiger partial charge in [-0.15, -0.1) is 0 Å². The summed E-state index contributed by atoms with van der Waals surface area (Å²) in [5.41, 5.74) is 3.18. The summed E-state index contributed by atoms with van der Waals surface area (Å²) < 4.78 is 5.86. The first-order valence-electron chi connectivity index (χ1n) is 11.5. The van der Waals surface area contributed by atoms with Crippen LogP contribution in [0.1, 0.15) is 36.0 Å². The standard InChI is InChI=1S/C26H25N5O3S/c1-17-5-4-6-19(13-17)16-34-20-9-7-18(8-10-20)14-21-24(27)31-26(28-25(21)33)35-22(29-31)15-23(32)30-11-2-3-12-30/h4-10,13-14,27H,2-3,11-12,15-16H2,1H3/b21-14-,27-24?. The molecule has 2 aromatic carbocycles. The number of benzene rings is 2. The summed E-state index contributed by atoms with van der Waals surface area (Å²) in [4.78, 5) is 31.1. The molecule has 5 rings (SSSR count). The highest BCUT2D eigenvalue weighted by atomic mass is 32.2. The Morgan fingerprint density at radius 2 is 1.94 bits per heavy atom. The Kier molecular flexibility index (Phi) is 6.50. The second-order valence-corrected chi connectivity index (χ2v) is 9.67. The molecule has 8 nitrogen and oxygen atoms in total. The number of likely N-dealkylation sites (tertiary alicyclic amines) is 1. The minimum Gasteiger partial charge on any atom is -0.489 e. The van der Waals surface area contributed by atoms with Gasteiger partial charge in [0.25, 0.3) is 5.91 Å². The maximum absolute atomic E-state index is 12.7. The largest absolute Gasteiger partial charge is 0.489 e. The molecule has 35 heavy (non-hydrogen) atoms. The summed E-state index contributed by atoms with van der Waals surface area (Å²) in [6, 6.07) is 15.5. The van der Waals surface area contributed by atoms with Crippen LogP contribution in [0.5, 0.6) is 5.75 Å². The molecule has 1 N–H and O–H groups in total. The zero-order valence-corrected chi connectivity index (χ0v) is 20.2. The summed E-state index contributed by atoms with van der Waals surface area (Å²) in [6.45, 7) is 4.07. The van der Waals surface area contributed by atoms with Crippen LogP contribution in [0, 0.1) is 12.3 Å². The van der Waals surface area contributed by atoms with Crippen LogP contribution >= 0.6 is 11.8 Å². The van der Waals surface area contributed by atoms with Crippen molar-refractivity contribution in [3.05, 3.63) is 70.8 Å². The van der Waals surface area contributed by atoms with E-state index in [1.54, 1.807) is 6.08 Å². The molecule has 178 valence electrons. The van der Waals surface area contributed by atoms with Crippen LogP contribution in [-0.2, 0) is 16.2 Å². The van der Waals surface area contributed by atoms with Crippen LogP contribution in [0.4, 0.5) is 0 Å². The first kappa shape index (κ1) is 23.0. The molecule has 2 amide bonds. The van der Waals surface area contributed by atoms with E-state index >= 15 is 0 Å². The molecule has 0 unspecified atom stereocenters. The number of fused-ring (bicyclic) bond motifs is 1. The number of thioether (sulfide) groups is 1. The molecule has 0 aliphatic carbocycles. The third-order valence-corrected chi connectivity index (χ3v) is 6.85. The van der Waals surface area contributed by atoms with E-state index in [-0.39, 0.29) is 23.7 Å². The van der Waals surface area contributed by atoms with Crippen molar-refractivity contribution in [1.82, 2.24) is 9.91 Å². The van der Waals surface area contributed by atoms with E-state index in [9.17, 15) is 9.59 Å². The van der Waals surface area contributed by atoms with Gasteiger partial charge in [-0.25, -0.2) is 0 Å².